The Kier molecular flexibility index (Phi) is 3.94. The zero-order valence-electron chi connectivity index (χ0n) is 10.00. The lowest BCUT2D eigenvalue weighted by Gasteiger charge is -2.17. The Hall–Kier alpha value is -1.76. The van der Waals surface area contributed by atoms with Crippen LogP contribution in [0.15, 0.2) is 12.1 Å². The minimum absolute atomic E-state index is 0.000510. The quantitative estimate of drug-likeness (QED) is 0.810. The van der Waals surface area contributed by atoms with Crippen molar-refractivity contribution in [3.8, 4) is 0 Å². The Morgan fingerprint density at radius 2 is 2.00 bits per heavy atom. The average Bonchev–Trinajstić information content (AvgIpc) is 2.84. The van der Waals surface area contributed by atoms with E-state index in [9.17, 15) is 18.0 Å². The van der Waals surface area contributed by atoms with Gasteiger partial charge in [-0.3, -0.25) is 0 Å². The SMILES string of the molecule is O=C(Nc1cc(F)c(F)cc1F)N1CCC(CO)C1. The molecule has 1 aromatic rings. The molecule has 2 rings (SSSR count). The van der Waals surface area contributed by atoms with Crippen LogP contribution in [-0.4, -0.2) is 35.7 Å². The van der Waals surface area contributed by atoms with Gasteiger partial charge >= 0.3 is 6.03 Å². The van der Waals surface area contributed by atoms with Gasteiger partial charge in [0.15, 0.2) is 11.6 Å². The fourth-order valence-corrected chi connectivity index (χ4v) is 1.98. The zero-order chi connectivity index (χ0) is 14.0. The Labute approximate surface area is 107 Å². The lowest BCUT2D eigenvalue weighted by molar-refractivity contribution is 0.208. The second-order valence-electron chi connectivity index (χ2n) is 4.46. The largest absolute Gasteiger partial charge is 0.396 e. The molecule has 1 unspecified atom stereocenters. The molecule has 1 fully saturated rings. The number of urea groups is 1. The maximum absolute atomic E-state index is 13.3. The molecule has 0 aromatic heterocycles. The third-order valence-corrected chi connectivity index (χ3v) is 3.08. The number of amides is 2. The standard InChI is InChI=1S/C12H13F3N2O2/c13-8-3-10(15)11(4-9(8)14)16-12(19)17-2-1-7(5-17)6-18/h3-4,7,18H,1-2,5-6H2,(H,16,19). The van der Waals surface area contributed by atoms with Gasteiger partial charge in [0.25, 0.3) is 0 Å². The molecule has 4 nitrogen and oxygen atoms in total. The summed E-state index contributed by atoms with van der Waals surface area (Å²) >= 11 is 0. The molecule has 1 heterocycles. The highest BCUT2D eigenvalue weighted by Crippen LogP contribution is 2.21. The number of hydrogen-bond donors (Lipinski definition) is 2. The summed E-state index contributed by atoms with van der Waals surface area (Å²) in [5.41, 5.74) is -0.406. The number of carbonyl (C=O) groups is 1. The van der Waals surface area contributed by atoms with Crippen molar-refractivity contribution in [2.75, 3.05) is 25.0 Å². The second kappa shape index (κ2) is 5.48. The molecule has 2 amide bonds. The Morgan fingerprint density at radius 1 is 1.32 bits per heavy atom. The van der Waals surface area contributed by atoms with Crippen LogP contribution in [0.25, 0.3) is 0 Å². The molecular weight excluding hydrogens is 261 g/mol. The minimum atomic E-state index is -1.31. The first-order chi connectivity index (χ1) is 9.01. The third kappa shape index (κ3) is 2.98. The van der Waals surface area contributed by atoms with Gasteiger partial charge in [0.1, 0.15) is 5.82 Å². The second-order valence-corrected chi connectivity index (χ2v) is 4.46. The predicted octanol–water partition coefficient (Wildman–Crippen LogP) is 1.95. The van der Waals surface area contributed by atoms with Crippen molar-refractivity contribution in [1.82, 2.24) is 4.90 Å². The molecule has 0 spiro atoms. The third-order valence-electron chi connectivity index (χ3n) is 3.08. The van der Waals surface area contributed by atoms with Crippen molar-refractivity contribution < 1.29 is 23.1 Å². The van der Waals surface area contributed by atoms with Crippen LogP contribution in [-0.2, 0) is 0 Å². The number of nitrogens with zero attached hydrogens (tertiary/aromatic N) is 1. The molecule has 104 valence electrons. The summed E-state index contributed by atoms with van der Waals surface area (Å²) in [6.45, 7) is 0.763. The van der Waals surface area contributed by atoms with Gasteiger partial charge in [-0.2, -0.15) is 0 Å². The molecule has 2 N–H and O–H groups in total. The van der Waals surface area contributed by atoms with Crippen molar-refractivity contribution in [2.45, 2.75) is 6.42 Å². The molecule has 1 atom stereocenters. The van der Waals surface area contributed by atoms with Gasteiger partial charge in [-0.15, -0.1) is 0 Å². The van der Waals surface area contributed by atoms with Crippen molar-refractivity contribution in [3.05, 3.63) is 29.6 Å². The number of aliphatic hydroxyl groups is 1. The van der Waals surface area contributed by atoms with Crippen LogP contribution < -0.4 is 5.32 Å². The van der Waals surface area contributed by atoms with Gasteiger partial charge in [-0.1, -0.05) is 0 Å². The molecule has 0 bridgehead atoms. The fourth-order valence-electron chi connectivity index (χ4n) is 1.98. The van der Waals surface area contributed by atoms with Crippen molar-refractivity contribution in [1.29, 1.82) is 0 Å². The van der Waals surface area contributed by atoms with E-state index >= 15 is 0 Å². The van der Waals surface area contributed by atoms with Crippen LogP contribution in [0.2, 0.25) is 0 Å². The zero-order valence-corrected chi connectivity index (χ0v) is 10.00. The maximum Gasteiger partial charge on any atom is 0.321 e. The molecule has 0 saturated carbocycles. The lowest BCUT2D eigenvalue weighted by atomic mass is 10.1. The van der Waals surface area contributed by atoms with E-state index in [4.69, 9.17) is 5.11 Å². The summed E-state index contributed by atoms with van der Waals surface area (Å²) in [7, 11) is 0. The van der Waals surface area contributed by atoms with Crippen LogP contribution in [0.5, 0.6) is 0 Å². The highest BCUT2D eigenvalue weighted by Gasteiger charge is 2.26. The molecule has 1 aliphatic heterocycles. The fraction of sp³-hybridized carbons (Fsp3) is 0.417. The summed E-state index contributed by atoms with van der Waals surface area (Å²) in [5.74, 6) is -3.57. The van der Waals surface area contributed by atoms with Crippen LogP contribution in [0.3, 0.4) is 0 Å². The van der Waals surface area contributed by atoms with Gasteiger partial charge in [0.05, 0.1) is 5.69 Å². The highest BCUT2D eigenvalue weighted by molar-refractivity contribution is 5.89. The van der Waals surface area contributed by atoms with E-state index < -0.39 is 29.2 Å². The maximum atomic E-state index is 13.3. The number of carbonyl (C=O) groups excluding carboxylic acids is 1. The first kappa shape index (κ1) is 13.7. The van der Waals surface area contributed by atoms with Crippen LogP contribution in [0.1, 0.15) is 6.42 Å². The topological polar surface area (TPSA) is 52.6 Å². The van der Waals surface area contributed by atoms with Gasteiger partial charge in [-0.25, -0.2) is 18.0 Å². The number of rotatable bonds is 2. The molecule has 1 aromatic carbocycles. The van der Waals surface area contributed by atoms with E-state index in [1.165, 1.54) is 4.90 Å². The molecule has 0 aliphatic carbocycles. The van der Waals surface area contributed by atoms with Crippen molar-refractivity contribution in [3.63, 3.8) is 0 Å². The van der Waals surface area contributed by atoms with Crippen LogP contribution >= 0.6 is 0 Å². The number of anilines is 1. The smallest absolute Gasteiger partial charge is 0.321 e. The first-order valence-corrected chi connectivity index (χ1v) is 5.82. The minimum Gasteiger partial charge on any atom is -0.396 e. The van der Waals surface area contributed by atoms with E-state index in [-0.39, 0.29) is 12.5 Å². The Bertz CT molecular complexity index is 496. The van der Waals surface area contributed by atoms with Crippen LogP contribution in [0.4, 0.5) is 23.7 Å². The molecule has 1 aliphatic rings. The highest BCUT2D eigenvalue weighted by atomic mass is 19.2. The van der Waals surface area contributed by atoms with E-state index in [1.54, 1.807) is 0 Å². The number of likely N-dealkylation sites (tertiary alicyclic amines) is 1. The summed E-state index contributed by atoms with van der Waals surface area (Å²) < 4.78 is 39.0. The van der Waals surface area contributed by atoms with Gasteiger partial charge in [0.2, 0.25) is 0 Å². The number of halogens is 3. The normalized spacial score (nSPS) is 18.7. The number of nitrogens with one attached hydrogen (secondary N) is 1. The van der Waals surface area contributed by atoms with E-state index in [0.717, 1.165) is 0 Å². The van der Waals surface area contributed by atoms with Crippen molar-refractivity contribution in [2.24, 2.45) is 5.92 Å². The van der Waals surface area contributed by atoms with Crippen LogP contribution in [0, 0.1) is 23.4 Å². The van der Waals surface area contributed by atoms with E-state index in [1.807, 2.05) is 0 Å². The van der Waals surface area contributed by atoms with Gasteiger partial charge in [0, 0.05) is 37.7 Å². The number of benzene rings is 1. The Balaban J connectivity index is 2.05. The summed E-state index contributed by atoms with van der Waals surface area (Å²) in [4.78, 5) is 13.2. The summed E-state index contributed by atoms with van der Waals surface area (Å²) in [6, 6.07) is 0.383. The molecule has 1 saturated heterocycles. The van der Waals surface area contributed by atoms with Gasteiger partial charge < -0.3 is 15.3 Å². The van der Waals surface area contributed by atoms with E-state index in [2.05, 4.69) is 5.32 Å². The van der Waals surface area contributed by atoms with Crippen molar-refractivity contribution >= 4 is 11.7 Å². The number of aliphatic hydroxyl groups excluding tert-OH is 1. The summed E-state index contributed by atoms with van der Waals surface area (Å²) in [5, 5.41) is 11.1. The first-order valence-electron chi connectivity index (χ1n) is 5.82. The van der Waals surface area contributed by atoms with E-state index in [0.29, 0.717) is 31.6 Å². The molecular formula is C12H13F3N2O2. The molecule has 7 heteroatoms. The van der Waals surface area contributed by atoms with Gasteiger partial charge in [-0.05, 0) is 6.42 Å². The Morgan fingerprint density at radius 3 is 2.63 bits per heavy atom. The lowest BCUT2D eigenvalue weighted by Crippen LogP contribution is -2.33. The predicted molar refractivity (Wildman–Crippen MR) is 62.1 cm³/mol. The molecule has 0 radical (unpaired) electrons. The number of hydrogen-bond acceptors (Lipinski definition) is 2. The average molecular weight is 274 g/mol. The molecule has 19 heavy (non-hydrogen) atoms. The monoisotopic (exact) mass is 274 g/mol. The summed E-state index contributed by atoms with van der Waals surface area (Å²) in [6.07, 6.45) is 0.657.